The predicted octanol–water partition coefficient (Wildman–Crippen LogP) is 3.80. The molecule has 1 aliphatic rings. The molecule has 3 rings (SSSR count). The first-order chi connectivity index (χ1) is 12.7. The Labute approximate surface area is 166 Å². The number of carboxylic acid groups (broad SMARTS) is 1. The Hall–Kier alpha value is -2.22. The maximum absolute atomic E-state index is 11.4. The molecule has 2 aromatic rings. The van der Waals surface area contributed by atoms with E-state index >= 15 is 0 Å². The summed E-state index contributed by atoms with van der Waals surface area (Å²) < 4.78 is 0. The average molecular weight is 405 g/mol. The van der Waals surface area contributed by atoms with Crippen LogP contribution >= 0.6 is 22.9 Å². The quantitative estimate of drug-likeness (QED) is 0.534. The van der Waals surface area contributed by atoms with Crippen LogP contribution in [0.4, 0.5) is 5.00 Å². The lowest BCUT2D eigenvalue weighted by Gasteiger charge is -2.30. The summed E-state index contributed by atoms with van der Waals surface area (Å²) in [7, 11) is 0. The van der Waals surface area contributed by atoms with Crippen LogP contribution in [0.25, 0.3) is 0 Å². The van der Waals surface area contributed by atoms with Crippen molar-refractivity contribution in [1.29, 1.82) is 5.41 Å². The van der Waals surface area contributed by atoms with Gasteiger partial charge in [0.25, 0.3) is 0 Å². The average Bonchev–Trinajstić information content (AvgIpc) is 2.80. The first-order valence-electron chi connectivity index (χ1n) is 8.46. The van der Waals surface area contributed by atoms with Gasteiger partial charge in [-0.1, -0.05) is 23.7 Å². The summed E-state index contributed by atoms with van der Waals surface area (Å²) in [5, 5.41) is 19.0. The lowest BCUT2D eigenvalue weighted by atomic mass is 9.99. The first kappa shape index (κ1) is 19.5. The van der Waals surface area contributed by atoms with Gasteiger partial charge in [-0.2, -0.15) is 0 Å². The zero-order chi connectivity index (χ0) is 19.9. The monoisotopic (exact) mass is 404 g/mol. The molecule has 1 aliphatic heterocycles. The van der Waals surface area contributed by atoms with Crippen molar-refractivity contribution >= 4 is 45.5 Å². The Morgan fingerprint density at radius 3 is 2.56 bits per heavy atom. The molecule has 0 radical (unpaired) electrons. The van der Waals surface area contributed by atoms with E-state index in [0.29, 0.717) is 10.7 Å². The van der Waals surface area contributed by atoms with Crippen LogP contribution in [-0.2, 0) is 4.79 Å². The summed E-state index contributed by atoms with van der Waals surface area (Å²) >= 11 is 7.58. The Morgan fingerprint density at radius 2 is 2.00 bits per heavy atom. The van der Waals surface area contributed by atoms with Gasteiger partial charge in [0, 0.05) is 21.0 Å². The fraction of sp³-hybridized carbons (Fsp3) is 0.316. The van der Waals surface area contributed by atoms with Crippen molar-refractivity contribution < 1.29 is 9.90 Å². The van der Waals surface area contributed by atoms with Crippen molar-refractivity contribution in [2.24, 2.45) is 10.7 Å². The Balaban J connectivity index is 2.29. The summed E-state index contributed by atoms with van der Waals surface area (Å²) in [5.41, 5.74) is 9.89. The second-order valence-electron chi connectivity index (χ2n) is 6.56. The number of halogens is 1. The number of nitrogens with zero attached hydrogens (tertiary/aromatic N) is 2. The molecule has 0 spiro atoms. The van der Waals surface area contributed by atoms with Crippen molar-refractivity contribution in [2.45, 2.75) is 39.4 Å². The van der Waals surface area contributed by atoms with Crippen molar-refractivity contribution in [3.05, 3.63) is 50.9 Å². The summed E-state index contributed by atoms with van der Waals surface area (Å²) in [6.45, 7) is 5.68. The number of amidine groups is 1. The molecule has 0 aliphatic carbocycles. The van der Waals surface area contributed by atoms with Gasteiger partial charge in [-0.25, -0.2) is 0 Å². The van der Waals surface area contributed by atoms with E-state index in [2.05, 4.69) is 0 Å². The van der Waals surface area contributed by atoms with E-state index < -0.39 is 18.2 Å². The number of hydrogen-bond donors (Lipinski definition) is 3. The van der Waals surface area contributed by atoms with Crippen molar-refractivity contribution in [3.63, 3.8) is 0 Å². The van der Waals surface area contributed by atoms with Gasteiger partial charge in [0.2, 0.25) is 0 Å². The van der Waals surface area contributed by atoms with Crippen LogP contribution in [0.15, 0.2) is 29.3 Å². The number of carbonyl (C=O) groups is 1. The number of nitrogens with two attached hydrogens (primary N) is 1. The zero-order valence-corrected chi connectivity index (χ0v) is 16.9. The minimum atomic E-state index is -0.976. The number of carboxylic acids is 1. The molecule has 1 aromatic carbocycles. The molecule has 4 N–H and O–H groups in total. The molecule has 27 heavy (non-hydrogen) atoms. The Morgan fingerprint density at radius 1 is 1.37 bits per heavy atom. The number of aliphatic imine (C=N–C) groups is 1. The summed E-state index contributed by atoms with van der Waals surface area (Å²) in [4.78, 5) is 19.0. The second-order valence-corrected chi connectivity index (χ2v) is 8.20. The highest BCUT2D eigenvalue weighted by atomic mass is 35.5. The number of anilines is 1. The number of benzene rings is 1. The fourth-order valence-corrected chi connectivity index (χ4v) is 4.60. The van der Waals surface area contributed by atoms with Crippen LogP contribution in [0.3, 0.4) is 0 Å². The maximum atomic E-state index is 11.4. The highest BCUT2D eigenvalue weighted by Gasteiger charge is 2.36. The topological polar surface area (TPSA) is 103 Å². The largest absolute Gasteiger partial charge is 0.481 e. The van der Waals surface area contributed by atoms with E-state index in [1.165, 1.54) is 0 Å². The molecule has 0 amide bonds. The predicted molar refractivity (Wildman–Crippen MR) is 111 cm³/mol. The maximum Gasteiger partial charge on any atom is 0.305 e. The lowest BCUT2D eigenvalue weighted by Crippen LogP contribution is -2.51. The molecular formula is C19H21ClN4O2S. The van der Waals surface area contributed by atoms with Crippen LogP contribution in [0, 0.1) is 19.3 Å². The van der Waals surface area contributed by atoms with E-state index in [1.807, 2.05) is 26.0 Å². The molecule has 142 valence electrons. The minimum absolute atomic E-state index is 0.213. The van der Waals surface area contributed by atoms with Crippen molar-refractivity contribution in [3.8, 4) is 0 Å². The Kier molecular flexibility index (Phi) is 5.37. The molecule has 6 nitrogen and oxygen atoms in total. The van der Waals surface area contributed by atoms with Crippen molar-refractivity contribution in [2.75, 3.05) is 4.90 Å². The van der Waals surface area contributed by atoms with Gasteiger partial charge in [0.05, 0.1) is 24.0 Å². The number of aliphatic carboxylic acids is 1. The van der Waals surface area contributed by atoms with Crippen LogP contribution in [0.1, 0.15) is 34.9 Å². The van der Waals surface area contributed by atoms with Crippen molar-refractivity contribution in [1.82, 2.24) is 0 Å². The molecule has 8 heteroatoms. The number of aryl methyl sites for hydroxylation is 1. The van der Waals surface area contributed by atoms with Crippen LogP contribution in [0.5, 0.6) is 0 Å². The molecule has 1 aromatic heterocycles. The third-order valence-corrected chi connectivity index (χ3v) is 6.13. The van der Waals surface area contributed by atoms with E-state index in [1.54, 1.807) is 35.3 Å². The van der Waals surface area contributed by atoms with Gasteiger partial charge in [-0.15, -0.1) is 11.3 Å². The first-order valence-corrected chi connectivity index (χ1v) is 9.66. The zero-order valence-electron chi connectivity index (χ0n) is 15.3. The SMILES string of the molecule is CC(=N)N1c2sc(C)c(C)c2C(c2ccc(Cl)cc2)=NC(CC(=O)O)C1N. The Bertz CT molecular complexity index is 936. The number of thiophene rings is 1. The molecule has 2 unspecified atom stereocenters. The highest BCUT2D eigenvalue weighted by Crippen LogP contribution is 2.40. The molecule has 0 saturated heterocycles. The van der Waals surface area contributed by atoms with Crippen LogP contribution < -0.4 is 10.6 Å². The van der Waals surface area contributed by atoms with E-state index in [4.69, 9.17) is 27.7 Å². The fourth-order valence-electron chi connectivity index (χ4n) is 3.22. The third-order valence-electron chi connectivity index (χ3n) is 4.67. The lowest BCUT2D eigenvalue weighted by molar-refractivity contribution is -0.137. The normalized spacial score (nSPS) is 19.3. The van der Waals surface area contributed by atoms with Gasteiger partial charge < -0.3 is 15.7 Å². The summed E-state index contributed by atoms with van der Waals surface area (Å²) in [6.07, 6.45) is -0.950. The number of nitrogens with one attached hydrogen (secondary N) is 1. The van der Waals surface area contributed by atoms with E-state index in [0.717, 1.165) is 26.6 Å². The minimum Gasteiger partial charge on any atom is -0.481 e. The molecule has 2 heterocycles. The molecule has 0 saturated carbocycles. The van der Waals surface area contributed by atoms with Gasteiger partial charge in [0.1, 0.15) is 11.2 Å². The van der Waals surface area contributed by atoms with E-state index in [9.17, 15) is 9.90 Å². The number of hydrogen-bond acceptors (Lipinski definition) is 5. The van der Waals surface area contributed by atoms with Gasteiger partial charge in [0.15, 0.2) is 0 Å². The standard InChI is InChI=1S/C19H21ClN4O2S/c1-9-10(2)27-19-16(9)17(12-4-6-13(20)7-5-12)23-14(8-15(25)26)18(22)24(19)11(3)21/h4-7,14,18,21H,8,22H2,1-3H3,(H,25,26). The summed E-state index contributed by atoms with van der Waals surface area (Å²) in [6, 6.07) is 6.61. The van der Waals surface area contributed by atoms with E-state index in [-0.39, 0.29) is 12.3 Å². The third kappa shape index (κ3) is 3.63. The highest BCUT2D eigenvalue weighted by molar-refractivity contribution is 7.17. The smallest absolute Gasteiger partial charge is 0.305 e. The molecule has 0 fully saturated rings. The van der Waals surface area contributed by atoms with Crippen LogP contribution in [-0.4, -0.2) is 34.8 Å². The number of rotatable bonds is 3. The second kappa shape index (κ2) is 7.42. The van der Waals surface area contributed by atoms with Gasteiger partial charge >= 0.3 is 5.97 Å². The summed E-state index contributed by atoms with van der Waals surface area (Å²) in [5.74, 6) is -0.719. The van der Waals surface area contributed by atoms with Gasteiger partial charge in [-0.3, -0.25) is 15.2 Å². The molecular weight excluding hydrogens is 384 g/mol. The molecule has 0 bridgehead atoms. The van der Waals surface area contributed by atoms with Gasteiger partial charge in [-0.05, 0) is 38.5 Å². The number of fused-ring (bicyclic) bond motifs is 1. The molecule has 2 atom stereocenters. The van der Waals surface area contributed by atoms with Crippen LogP contribution in [0.2, 0.25) is 5.02 Å².